The average molecular weight is 340 g/mol. The van der Waals surface area contributed by atoms with Crippen molar-refractivity contribution in [2.75, 3.05) is 0 Å². The van der Waals surface area contributed by atoms with E-state index in [1.165, 1.54) is 38.1 Å². The van der Waals surface area contributed by atoms with E-state index in [0.717, 1.165) is 5.56 Å². The number of benzene rings is 2. The van der Waals surface area contributed by atoms with E-state index in [9.17, 15) is 19.5 Å². The Labute approximate surface area is 144 Å². The molecule has 0 aromatic heterocycles. The maximum absolute atomic E-state index is 12.2. The summed E-state index contributed by atoms with van der Waals surface area (Å²) >= 11 is 0. The smallest absolute Gasteiger partial charge is 0.308 e. The molecule has 0 unspecified atom stereocenters. The third-order valence-corrected chi connectivity index (χ3v) is 3.07. The maximum atomic E-state index is 12.2. The van der Waals surface area contributed by atoms with Crippen molar-refractivity contribution in [3.63, 3.8) is 0 Å². The van der Waals surface area contributed by atoms with Gasteiger partial charge in [0.1, 0.15) is 17.2 Å². The summed E-state index contributed by atoms with van der Waals surface area (Å²) in [5, 5.41) is 9.90. The number of phenolic OH excluding ortho intramolecular Hbond substituents is 1. The highest BCUT2D eigenvalue weighted by molar-refractivity contribution is 6.08. The van der Waals surface area contributed by atoms with Crippen molar-refractivity contribution in [2.24, 2.45) is 0 Å². The summed E-state index contributed by atoms with van der Waals surface area (Å²) in [4.78, 5) is 33.9. The van der Waals surface area contributed by atoms with Gasteiger partial charge in [-0.1, -0.05) is 18.2 Å². The molecule has 0 aliphatic carbocycles. The standard InChI is InChI=1S/C19H16O6/c1-12(20)24-15-6-3-14(4-7-15)5-10-18(22)17-9-8-16(11-19(17)23)25-13(2)21/h3-11,23H,1-2H3. The van der Waals surface area contributed by atoms with Gasteiger partial charge in [-0.05, 0) is 35.9 Å². The summed E-state index contributed by atoms with van der Waals surface area (Å²) in [6.45, 7) is 2.55. The number of hydrogen-bond donors (Lipinski definition) is 1. The highest BCUT2D eigenvalue weighted by atomic mass is 16.5. The number of esters is 2. The van der Waals surface area contributed by atoms with Crippen molar-refractivity contribution in [2.45, 2.75) is 13.8 Å². The summed E-state index contributed by atoms with van der Waals surface area (Å²) in [7, 11) is 0. The van der Waals surface area contributed by atoms with E-state index < -0.39 is 17.7 Å². The van der Waals surface area contributed by atoms with E-state index in [0.29, 0.717) is 5.75 Å². The molecule has 128 valence electrons. The second-order valence-corrected chi connectivity index (χ2v) is 5.13. The summed E-state index contributed by atoms with van der Waals surface area (Å²) in [6.07, 6.45) is 2.88. The fourth-order valence-corrected chi connectivity index (χ4v) is 2.02. The Hall–Kier alpha value is -3.41. The van der Waals surface area contributed by atoms with Gasteiger partial charge in [0.15, 0.2) is 5.78 Å². The number of aromatic hydroxyl groups is 1. The minimum atomic E-state index is -0.518. The Morgan fingerprint density at radius 3 is 2.00 bits per heavy atom. The lowest BCUT2D eigenvalue weighted by atomic mass is 10.1. The van der Waals surface area contributed by atoms with Crippen molar-refractivity contribution in [1.29, 1.82) is 0 Å². The first-order valence-corrected chi connectivity index (χ1v) is 7.37. The lowest BCUT2D eigenvalue weighted by Gasteiger charge is -2.05. The van der Waals surface area contributed by atoms with Crippen molar-refractivity contribution in [3.8, 4) is 17.2 Å². The minimum Gasteiger partial charge on any atom is -0.507 e. The molecule has 2 rings (SSSR count). The van der Waals surface area contributed by atoms with E-state index in [4.69, 9.17) is 9.47 Å². The number of carbonyl (C=O) groups is 3. The van der Waals surface area contributed by atoms with E-state index in [1.807, 2.05) is 0 Å². The van der Waals surface area contributed by atoms with Gasteiger partial charge >= 0.3 is 11.9 Å². The van der Waals surface area contributed by atoms with Crippen LogP contribution in [0.4, 0.5) is 0 Å². The minimum absolute atomic E-state index is 0.0867. The van der Waals surface area contributed by atoms with Gasteiger partial charge in [0.05, 0.1) is 5.56 Å². The number of ketones is 1. The van der Waals surface area contributed by atoms with Gasteiger partial charge in [-0.3, -0.25) is 14.4 Å². The van der Waals surface area contributed by atoms with Gasteiger partial charge in [-0.15, -0.1) is 0 Å². The van der Waals surface area contributed by atoms with Gasteiger partial charge in [-0.2, -0.15) is 0 Å². The quantitative estimate of drug-likeness (QED) is 0.389. The fraction of sp³-hybridized carbons (Fsp3) is 0.105. The van der Waals surface area contributed by atoms with Gasteiger partial charge in [-0.25, -0.2) is 0 Å². The first-order chi connectivity index (χ1) is 11.8. The molecule has 0 aliphatic rings. The third kappa shape index (κ3) is 5.31. The Morgan fingerprint density at radius 2 is 1.44 bits per heavy atom. The van der Waals surface area contributed by atoms with Gasteiger partial charge in [0.25, 0.3) is 0 Å². The molecule has 0 atom stereocenters. The van der Waals surface area contributed by atoms with Gasteiger partial charge < -0.3 is 14.6 Å². The Morgan fingerprint density at radius 1 is 0.880 bits per heavy atom. The van der Waals surface area contributed by atoms with Crippen LogP contribution in [0, 0.1) is 0 Å². The molecule has 0 fully saturated rings. The number of phenols is 1. The molecule has 2 aromatic rings. The molecule has 1 N–H and O–H groups in total. The van der Waals surface area contributed by atoms with Crippen molar-refractivity contribution >= 4 is 23.8 Å². The third-order valence-electron chi connectivity index (χ3n) is 3.07. The van der Waals surface area contributed by atoms with Crippen LogP contribution in [-0.4, -0.2) is 22.8 Å². The van der Waals surface area contributed by atoms with Crippen molar-refractivity contribution < 1.29 is 29.0 Å². The Bertz CT molecular complexity index is 833. The summed E-state index contributed by atoms with van der Waals surface area (Å²) in [6, 6.07) is 10.6. The van der Waals surface area contributed by atoms with Crippen LogP contribution in [0.2, 0.25) is 0 Å². The first kappa shape index (κ1) is 17.9. The molecule has 0 heterocycles. The normalized spacial score (nSPS) is 10.5. The number of rotatable bonds is 5. The average Bonchev–Trinajstić information content (AvgIpc) is 2.53. The first-order valence-electron chi connectivity index (χ1n) is 7.37. The molecule has 0 saturated carbocycles. The maximum Gasteiger partial charge on any atom is 0.308 e. The predicted octanol–water partition coefficient (Wildman–Crippen LogP) is 3.14. The second-order valence-electron chi connectivity index (χ2n) is 5.13. The second kappa shape index (κ2) is 7.92. The molecule has 0 saturated heterocycles. The molecule has 6 heteroatoms. The van der Waals surface area contributed by atoms with E-state index in [-0.39, 0.29) is 17.1 Å². The molecule has 2 aromatic carbocycles. The highest BCUT2D eigenvalue weighted by Gasteiger charge is 2.10. The van der Waals surface area contributed by atoms with Crippen LogP contribution in [0.15, 0.2) is 48.5 Å². The zero-order chi connectivity index (χ0) is 18.4. The van der Waals surface area contributed by atoms with Crippen LogP contribution in [0.3, 0.4) is 0 Å². The SMILES string of the molecule is CC(=O)Oc1ccc(C=CC(=O)c2ccc(OC(C)=O)cc2O)cc1. The van der Waals surface area contributed by atoms with E-state index in [1.54, 1.807) is 30.3 Å². The lowest BCUT2D eigenvalue weighted by molar-refractivity contribution is -0.132. The zero-order valence-corrected chi connectivity index (χ0v) is 13.7. The van der Waals surface area contributed by atoms with Crippen LogP contribution < -0.4 is 9.47 Å². The van der Waals surface area contributed by atoms with Crippen LogP contribution in [0.1, 0.15) is 29.8 Å². The number of carbonyl (C=O) groups excluding carboxylic acids is 3. The van der Waals surface area contributed by atoms with Crippen LogP contribution in [-0.2, 0) is 9.59 Å². The monoisotopic (exact) mass is 340 g/mol. The molecule has 0 spiro atoms. The topological polar surface area (TPSA) is 89.9 Å². The molecular formula is C19H16O6. The Balaban J connectivity index is 2.09. The zero-order valence-electron chi connectivity index (χ0n) is 13.7. The predicted molar refractivity (Wildman–Crippen MR) is 90.5 cm³/mol. The molecular weight excluding hydrogens is 324 g/mol. The number of ether oxygens (including phenoxy) is 2. The Kier molecular flexibility index (Phi) is 5.68. The number of hydrogen-bond acceptors (Lipinski definition) is 6. The van der Waals surface area contributed by atoms with E-state index in [2.05, 4.69) is 0 Å². The fourth-order valence-electron chi connectivity index (χ4n) is 2.02. The number of allylic oxidation sites excluding steroid dienone is 1. The lowest BCUT2D eigenvalue weighted by Crippen LogP contribution is -2.02. The van der Waals surface area contributed by atoms with Gasteiger partial charge in [0, 0.05) is 19.9 Å². The summed E-state index contributed by atoms with van der Waals surface area (Å²) < 4.78 is 9.75. The highest BCUT2D eigenvalue weighted by Crippen LogP contribution is 2.24. The van der Waals surface area contributed by atoms with Gasteiger partial charge in [0.2, 0.25) is 0 Å². The molecule has 0 bridgehead atoms. The van der Waals surface area contributed by atoms with Crippen LogP contribution in [0.5, 0.6) is 17.2 Å². The molecule has 0 aliphatic heterocycles. The molecule has 6 nitrogen and oxygen atoms in total. The van der Waals surface area contributed by atoms with Crippen LogP contribution in [0.25, 0.3) is 6.08 Å². The largest absolute Gasteiger partial charge is 0.507 e. The van der Waals surface area contributed by atoms with Crippen molar-refractivity contribution in [1.82, 2.24) is 0 Å². The van der Waals surface area contributed by atoms with Crippen LogP contribution >= 0.6 is 0 Å². The summed E-state index contributed by atoms with van der Waals surface area (Å²) in [5.41, 5.74) is 0.809. The molecule has 25 heavy (non-hydrogen) atoms. The van der Waals surface area contributed by atoms with E-state index >= 15 is 0 Å². The summed E-state index contributed by atoms with van der Waals surface area (Å²) in [5.74, 6) is -1.04. The molecule has 0 amide bonds. The van der Waals surface area contributed by atoms with Crippen molar-refractivity contribution in [3.05, 3.63) is 59.7 Å². The molecule has 0 radical (unpaired) electrons.